The first-order valence-electron chi connectivity index (χ1n) is 12.8. The van der Waals surface area contributed by atoms with Crippen molar-refractivity contribution >= 4 is 50.8 Å². The van der Waals surface area contributed by atoms with Crippen LogP contribution in [0, 0.1) is 12.7 Å². The smallest absolute Gasteiger partial charge is 0.322 e. The predicted octanol–water partition coefficient (Wildman–Crippen LogP) is 6.08. The molecule has 0 radical (unpaired) electrons. The Labute approximate surface area is 242 Å². The van der Waals surface area contributed by atoms with Gasteiger partial charge < -0.3 is 20.4 Å². The lowest BCUT2D eigenvalue weighted by atomic mass is 10.1. The molecule has 39 heavy (non-hydrogen) atoms. The van der Waals surface area contributed by atoms with Gasteiger partial charge in [-0.2, -0.15) is 0 Å². The molecule has 0 unspecified atom stereocenters. The van der Waals surface area contributed by atoms with Crippen molar-refractivity contribution in [2.45, 2.75) is 13.5 Å². The van der Waals surface area contributed by atoms with Gasteiger partial charge in [-0.25, -0.2) is 9.18 Å². The Bertz CT molecular complexity index is 1330. The van der Waals surface area contributed by atoms with Crippen molar-refractivity contribution in [2.75, 3.05) is 56.9 Å². The van der Waals surface area contributed by atoms with Gasteiger partial charge in [0.25, 0.3) is 5.91 Å². The molecule has 206 valence electrons. The van der Waals surface area contributed by atoms with Crippen molar-refractivity contribution in [1.29, 1.82) is 0 Å². The molecule has 1 saturated heterocycles. The largest absolute Gasteiger partial charge is 0.322 e. The summed E-state index contributed by atoms with van der Waals surface area (Å²) < 4.78 is 15.3. The van der Waals surface area contributed by atoms with E-state index in [4.69, 9.17) is 11.6 Å². The summed E-state index contributed by atoms with van der Waals surface area (Å²) in [6.45, 7) is 6.98. The molecule has 7 nitrogen and oxygen atoms in total. The standard InChI is InChI=1S/C29H32BrClFN5O2/c1-20-16-25(33-28(38)21-4-3-5-24(31)17-21)8-9-27(20)34-29(39)37(15-14-36-12-10-35(2)11-13-36)19-22-6-7-23(30)18-26(22)32/h3-9,16-18H,10-15,19H2,1-2H3,(H,33,38)(H,34,39). The van der Waals surface area contributed by atoms with Crippen molar-refractivity contribution in [1.82, 2.24) is 14.7 Å². The van der Waals surface area contributed by atoms with Crippen LogP contribution < -0.4 is 10.6 Å². The number of benzene rings is 3. The Morgan fingerprint density at radius 2 is 1.79 bits per heavy atom. The summed E-state index contributed by atoms with van der Waals surface area (Å²) in [5, 5.41) is 6.32. The molecule has 1 aliphatic rings. The normalized spacial score (nSPS) is 14.2. The number of amides is 3. The van der Waals surface area contributed by atoms with E-state index in [-0.39, 0.29) is 24.3 Å². The second kappa shape index (κ2) is 13.4. The summed E-state index contributed by atoms with van der Waals surface area (Å²) in [6.07, 6.45) is 0. The highest BCUT2D eigenvalue weighted by Crippen LogP contribution is 2.22. The van der Waals surface area contributed by atoms with Crippen LogP contribution in [0.4, 0.5) is 20.6 Å². The van der Waals surface area contributed by atoms with E-state index in [1.54, 1.807) is 59.5 Å². The minimum Gasteiger partial charge on any atom is -0.322 e. The minimum absolute atomic E-state index is 0.144. The first-order valence-corrected chi connectivity index (χ1v) is 13.9. The van der Waals surface area contributed by atoms with Gasteiger partial charge in [-0.15, -0.1) is 0 Å². The molecule has 0 aromatic heterocycles. The van der Waals surface area contributed by atoms with Crippen molar-refractivity contribution in [3.05, 3.63) is 92.7 Å². The maximum absolute atomic E-state index is 14.7. The maximum atomic E-state index is 14.7. The third-order valence-corrected chi connectivity index (χ3v) is 7.49. The van der Waals surface area contributed by atoms with Crippen molar-refractivity contribution < 1.29 is 14.0 Å². The summed E-state index contributed by atoms with van der Waals surface area (Å²) >= 11 is 9.29. The van der Waals surface area contributed by atoms with Gasteiger partial charge in [0.1, 0.15) is 5.82 Å². The molecule has 4 rings (SSSR count). The van der Waals surface area contributed by atoms with Gasteiger partial charge >= 0.3 is 6.03 Å². The Hall–Kier alpha value is -2.98. The number of hydrogen-bond acceptors (Lipinski definition) is 4. The SMILES string of the molecule is Cc1cc(NC(=O)c2cccc(Cl)c2)ccc1NC(=O)N(CCN1CCN(C)CC1)Cc1ccc(Br)cc1F. The van der Waals surface area contributed by atoms with Crippen LogP contribution in [-0.2, 0) is 6.54 Å². The van der Waals surface area contributed by atoms with Crippen LogP contribution >= 0.6 is 27.5 Å². The first-order chi connectivity index (χ1) is 18.7. The molecule has 1 fully saturated rings. The number of halogens is 3. The first kappa shape index (κ1) is 29.0. The van der Waals surface area contributed by atoms with Crippen LogP contribution in [0.15, 0.2) is 65.1 Å². The lowest BCUT2D eigenvalue weighted by Crippen LogP contribution is -2.48. The molecule has 3 aromatic rings. The number of carbonyl (C=O) groups excluding carboxylic acids is 2. The Balaban J connectivity index is 1.44. The highest BCUT2D eigenvalue weighted by molar-refractivity contribution is 9.10. The molecule has 0 bridgehead atoms. The molecular formula is C29H32BrClFN5O2. The van der Waals surface area contributed by atoms with Gasteiger partial charge in [0.15, 0.2) is 0 Å². The third-order valence-electron chi connectivity index (χ3n) is 6.76. The second-order valence-electron chi connectivity index (χ2n) is 9.73. The number of hydrogen-bond donors (Lipinski definition) is 2. The van der Waals surface area contributed by atoms with Crippen LogP contribution in [0.5, 0.6) is 0 Å². The predicted molar refractivity (Wildman–Crippen MR) is 158 cm³/mol. The summed E-state index contributed by atoms with van der Waals surface area (Å²) in [5.41, 5.74) is 2.89. The highest BCUT2D eigenvalue weighted by Gasteiger charge is 2.20. The molecule has 0 aliphatic carbocycles. The Morgan fingerprint density at radius 3 is 2.49 bits per heavy atom. The summed E-state index contributed by atoms with van der Waals surface area (Å²) in [6, 6.07) is 16.5. The van der Waals surface area contributed by atoms with Gasteiger partial charge in [-0.3, -0.25) is 9.69 Å². The molecule has 0 atom stereocenters. The lowest BCUT2D eigenvalue weighted by molar-refractivity contribution is 0.102. The van der Waals surface area contributed by atoms with E-state index in [0.29, 0.717) is 45.1 Å². The number of piperazine rings is 1. The van der Waals surface area contributed by atoms with E-state index in [1.807, 2.05) is 6.92 Å². The molecule has 3 amide bonds. The van der Waals surface area contributed by atoms with Gasteiger partial charge in [0.05, 0.1) is 6.54 Å². The highest BCUT2D eigenvalue weighted by atomic mass is 79.9. The van der Waals surface area contributed by atoms with E-state index < -0.39 is 0 Å². The minimum atomic E-state index is -0.363. The average Bonchev–Trinajstić information content (AvgIpc) is 2.90. The number of urea groups is 1. The maximum Gasteiger partial charge on any atom is 0.322 e. The number of nitrogens with zero attached hydrogens (tertiary/aromatic N) is 3. The van der Waals surface area contributed by atoms with Crippen LogP contribution in [0.1, 0.15) is 21.5 Å². The van der Waals surface area contributed by atoms with Crippen molar-refractivity contribution in [2.24, 2.45) is 0 Å². The van der Waals surface area contributed by atoms with Gasteiger partial charge in [-0.1, -0.05) is 39.7 Å². The summed E-state index contributed by atoms with van der Waals surface area (Å²) in [5.74, 6) is -0.641. The zero-order valence-electron chi connectivity index (χ0n) is 22.0. The number of rotatable bonds is 8. The summed E-state index contributed by atoms with van der Waals surface area (Å²) in [4.78, 5) is 32.2. The second-order valence-corrected chi connectivity index (χ2v) is 11.1. The zero-order chi connectivity index (χ0) is 27.9. The van der Waals surface area contributed by atoms with Crippen molar-refractivity contribution in [3.63, 3.8) is 0 Å². The zero-order valence-corrected chi connectivity index (χ0v) is 24.4. The number of carbonyl (C=O) groups is 2. The molecule has 0 saturated carbocycles. The number of anilines is 2. The van der Waals surface area contributed by atoms with E-state index in [1.165, 1.54) is 6.07 Å². The lowest BCUT2D eigenvalue weighted by Gasteiger charge is -2.34. The van der Waals surface area contributed by atoms with Gasteiger partial charge in [0, 0.05) is 71.3 Å². The molecule has 10 heteroatoms. The average molecular weight is 617 g/mol. The molecular weight excluding hydrogens is 585 g/mol. The van der Waals surface area contributed by atoms with Crippen molar-refractivity contribution in [3.8, 4) is 0 Å². The van der Waals surface area contributed by atoms with E-state index in [0.717, 1.165) is 31.7 Å². The fourth-order valence-electron chi connectivity index (χ4n) is 4.35. The third kappa shape index (κ3) is 8.25. The molecule has 3 aromatic carbocycles. The molecule has 2 N–H and O–H groups in total. The molecule has 1 heterocycles. The van der Waals surface area contributed by atoms with Crippen LogP contribution in [-0.4, -0.2) is 73.0 Å². The molecule has 1 aliphatic heterocycles. The fraction of sp³-hybridized carbons (Fsp3) is 0.310. The Morgan fingerprint density at radius 1 is 1.03 bits per heavy atom. The van der Waals surface area contributed by atoms with E-state index >= 15 is 0 Å². The monoisotopic (exact) mass is 615 g/mol. The van der Waals surface area contributed by atoms with E-state index in [9.17, 15) is 14.0 Å². The van der Waals surface area contributed by atoms with Crippen LogP contribution in [0.2, 0.25) is 5.02 Å². The van der Waals surface area contributed by atoms with Gasteiger partial charge in [-0.05, 0) is 68.1 Å². The van der Waals surface area contributed by atoms with E-state index in [2.05, 4.69) is 43.4 Å². The number of likely N-dealkylation sites (N-methyl/N-ethyl adjacent to an activating group) is 1. The number of nitrogens with one attached hydrogen (secondary N) is 2. The summed E-state index contributed by atoms with van der Waals surface area (Å²) in [7, 11) is 2.10. The molecule has 0 spiro atoms. The Kier molecular flexibility index (Phi) is 9.96. The van der Waals surface area contributed by atoms with Crippen LogP contribution in [0.25, 0.3) is 0 Å². The topological polar surface area (TPSA) is 67.9 Å². The number of aryl methyl sites for hydroxylation is 1. The quantitative estimate of drug-likeness (QED) is 0.322. The van der Waals surface area contributed by atoms with Gasteiger partial charge in [0.2, 0.25) is 0 Å². The van der Waals surface area contributed by atoms with Crippen LogP contribution in [0.3, 0.4) is 0 Å². The fourth-order valence-corrected chi connectivity index (χ4v) is 4.87.